The molecular weight excluding hydrogens is 224 g/mol. The van der Waals surface area contributed by atoms with E-state index in [2.05, 4.69) is 10.2 Å². The van der Waals surface area contributed by atoms with Crippen LogP contribution in [0, 0.1) is 0 Å². The van der Waals surface area contributed by atoms with Crippen molar-refractivity contribution in [1.82, 2.24) is 15.1 Å². The molecule has 2 N–H and O–H groups in total. The predicted octanol–water partition coefficient (Wildman–Crippen LogP) is 1.53. The Bertz CT molecular complexity index is 357. The molecule has 0 atom stereocenters. The Hall–Kier alpha value is -1.17. The number of likely N-dealkylation sites (tertiary alicyclic amines) is 1. The first-order valence-corrected chi connectivity index (χ1v) is 6.47. The molecule has 1 aromatic heterocycles. The van der Waals surface area contributed by atoms with Gasteiger partial charge in [-0.2, -0.15) is 0 Å². The fourth-order valence-corrected chi connectivity index (χ4v) is 2.48. The Labute approximate surface area is 98.7 Å². The third-order valence-corrected chi connectivity index (χ3v) is 3.51. The number of nitrogens with two attached hydrogens (primary N) is 1. The van der Waals surface area contributed by atoms with Crippen LogP contribution in [0.25, 0.3) is 0 Å². The predicted molar refractivity (Wildman–Crippen MR) is 63.3 cm³/mol. The highest BCUT2D eigenvalue weighted by Crippen LogP contribution is 2.16. The summed E-state index contributed by atoms with van der Waals surface area (Å²) in [7, 11) is 0. The number of anilines is 1. The summed E-state index contributed by atoms with van der Waals surface area (Å²) in [6, 6.07) is 0. The van der Waals surface area contributed by atoms with Crippen molar-refractivity contribution in [2.45, 2.75) is 32.1 Å². The van der Waals surface area contributed by atoms with E-state index in [-0.39, 0.29) is 5.91 Å². The monoisotopic (exact) mass is 240 g/mol. The zero-order valence-corrected chi connectivity index (χ0v) is 10.0. The van der Waals surface area contributed by atoms with Gasteiger partial charge in [0.25, 0.3) is 5.91 Å². The van der Waals surface area contributed by atoms with Gasteiger partial charge < -0.3 is 10.6 Å². The molecule has 1 fully saturated rings. The number of hydrogen-bond donors (Lipinski definition) is 1. The number of carbonyl (C=O) groups excluding carboxylic acids is 1. The number of carbonyl (C=O) groups is 1. The summed E-state index contributed by atoms with van der Waals surface area (Å²) < 4.78 is 0. The minimum atomic E-state index is -0.0175. The van der Waals surface area contributed by atoms with Gasteiger partial charge >= 0.3 is 0 Å². The number of rotatable bonds is 1. The van der Waals surface area contributed by atoms with E-state index in [0.717, 1.165) is 25.9 Å². The Morgan fingerprint density at radius 2 is 1.75 bits per heavy atom. The zero-order chi connectivity index (χ0) is 11.4. The van der Waals surface area contributed by atoms with Crippen LogP contribution in [0.5, 0.6) is 0 Å². The van der Waals surface area contributed by atoms with Crippen LogP contribution < -0.4 is 5.73 Å². The van der Waals surface area contributed by atoms with E-state index < -0.39 is 0 Å². The summed E-state index contributed by atoms with van der Waals surface area (Å²) in [5.74, 6) is -0.0175. The maximum absolute atomic E-state index is 12.1. The smallest absolute Gasteiger partial charge is 0.284 e. The van der Waals surface area contributed by atoms with Gasteiger partial charge in [0.1, 0.15) is 0 Å². The van der Waals surface area contributed by atoms with Gasteiger partial charge in [-0.05, 0) is 12.8 Å². The van der Waals surface area contributed by atoms with Gasteiger partial charge in [-0.25, -0.2) is 0 Å². The summed E-state index contributed by atoms with van der Waals surface area (Å²) in [4.78, 5) is 13.9. The van der Waals surface area contributed by atoms with E-state index in [4.69, 9.17) is 5.73 Å². The third-order valence-electron chi connectivity index (χ3n) is 2.77. The van der Waals surface area contributed by atoms with Crippen molar-refractivity contribution in [2.75, 3.05) is 18.8 Å². The Kier molecular flexibility index (Phi) is 3.71. The molecule has 1 aliphatic heterocycles. The molecule has 1 amide bonds. The highest BCUT2D eigenvalue weighted by Gasteiger charge is 2.20. The summed E-state index contributed by atoms with van der Waals surface area (Å²) in [5.41, 5.74) is 5.48. The molecule has 6 heteroatoms. The van der Waals surface area contributed by atoms with Crippen LogP contribution in [-0.4, -0.2) is 34.1 Å². The van der Waals surface area contributed by atoms with E-state index in [9.17, 15) is 4.79 Å². The van der Waals surface area contributed by atoms with Gasteiger partial charge in [-0.1, -0.05) is 30.6 Å². The summed E-state index contributed by atoms with van der Waals surface area (Å²) in [5, 5.41) is 8.24. The Morgan fingerprint density at radius 1 is 1.12 bits per heavy atom. The number of amides is 1. The lowest BCUT2D eigenvalue weighted by Crippen LogP contribution is -2.33. The summed E-state index contributed by atoms with van der Waals surface area (Å²) in [6.45, 7) is 1.66. The highest BCUT2D eigenvalue weighted by molar-refractivity contribution is 7.16. The fraction of sp³-hybridized carbons (Fsp3) is 0.700. The van der Waals surface area contributed by atoms with Gasteiger partial charge in [-0.3, -0.25) is 4.79 Å². The molecule has 1 aromatic rings. The molecule has 88 valence electrons. The van der Waals surface area contributed by atoms with Crippen molar-refractivity contribution in [3.05, 3.63) is 5.01 Å². The molecule has 0 aromatic carbocycles. The van der Waals surface area contributed by atoms with Gasteiger partial charge in [0.2, 0.25) is 10.1 Å². The highest BCUT2D eigenvalue weighted by atomic mass is 32.1. The van der Waals surface area contributed by atoms with Gasteiger partial charge in [-0.15, -0.1) is 10.2 Å². The lowest BCUT2D eigenvalue weighted by atomic mass is 10.1. The van der Waals surface area contributed by atoms with Crippen molar-refractivity contribution in [3.8, 4) is 0 Å². The van der Waals surface area contributed by atoms with E-state index in [1.807, 2.05) is 4.90 Å². The van der Waals surface area contributed by atoms with Crippen molar-refractivity contribution < 1.29 is 4.79 Å². The molecule has 0 spiro atoms. The summed E-state index contributed by atoms with van der Waals surface area (Å²) in [6.07, 6.45) is 5.87. The first-order valence-electron chi connectivity index (χ1n) is 5.65. The third kappa shape index (κ3) is 2.69. The molecule has 0 aliphatic carbocycles. The van der Waals surface area contributed by atoms with Crippen molar-refractivity contribution in [2.24, 2.45) is 0 Å². The van der Waals surface area contributed by atoms with E-state index in [1.54, 1.807) is 0 Å². The molecule has 16 heavy (non-hydrogen) atoms. The molecular formula is C10H16N4OS. The maximum Gasteiger partial charge on any atom is 0.284 e. The molecule has 0 radical (unpaired) electrons. The van der Waals surface area contributed by atoms with Crippen molar-refractivity contribution in [1.29, 1.82) is 0 Å². The van der Waals surface area contributed by atoms with Crippen LogP contribution >= 0.6 is 11.3 Å². The molecule has 0 saturated carbocycles. The van der Waals surface area contributed by atoms with E-state index in [1.165, 1.54) is 30.6 Å². The van der Waals surface area contributed by atoms with Crippen LogP contribution in [0.15, 0.2) is 0 Å². The molecule has 0 unspecified atom stereocenters. The number of nitrogen functional groups attached to an aromatic ring is 1. The maximum atomic E-state index is 12.1. The van der Waals surface area contributed by atoms with E-state index >= 15 is 0 Å². The minimum Gasteiger partial charge on any atom is -0.374 e. The van der Waals surface area contributed by atoms with E-state index in [0.29, 0.717) is 10.1 Å². The zero-order valence-electron chi connectivity index (χ0n) is 9.19. The average Bonchev–Trinajstić information content (AvgIpc) is 2.63. The second-order valence-electron chi connectivity index (χ2n) is 4.01. The standard InChI is InChI=1S/C10H16N4OS/c11-10-13-12-8(16-10)9(15)14-6-4-2-1-3-5-7-14/h1-7H2,(H2,11,13). The lowest BCUT2D eigenvalue weighted by molar-refractivity contribution is 0.0741. The molecule has 1 saturated heterocycles. The second-order valence-corrected chi connectivity index (χ2v) is 5.01. The van der Waals surface area contributed by atoms with Crippen molar-refractivity contribution in [3.63, 3.8) is 0 Å². The Morgan fingerprint density at radius 3 is 2.31 bits per heavy atom. The number of aromatic nitrogens is 2. The molecule has 1 aliphatic rings. The first-order chi connectivity index (χ1) is 7.77. The SMILES string of the molecule is Nc1nnc(C(=O)N2CCCCCCC2)s1. The number of nitrogens with zero attached hydrogens (tertiary/aromatic N) is 3. The fourth-order valence-electron chi connectivity index (χ4n) is 1.91. The quantitative estimate of drug-likeness (QED) is 0.808. The molecule has 2 heterocycles. The van der Waals surface area contributed by atoms with Crippen molar-refractivity contribution >= 4 is 22.4 Å². The average molecular weight is 240 g/mol. The van der Waals surface area contributed by atoms with Crippen LogP contribution in [0.3, 0.4) is 0 Å². The lowest BCUT2D eigenvalue weighted by Gasteiger charge is -2.23. The largest absolute Gasteiger partial charge is 0.374 e. The van der Waals surface area contributed by atoms with Crippen LogP contribution in [0.4, 0.5) is 5.13 Å². The van der Waals surface area contributed by atoms with Crippen LogP contribution in [0.2, 0.25) is 0 Å². The Balaban J connectivity index is 2.01. The molecule has 5 nitrogen and oxygen atoms in total. The normalized spacial score (nSPS) is 17.9. The van der Waals surface area contributed by atoms with Gasteiger partial charge in [0, 0.05) is 13.1 Å². The topological polar surface area (TPSA) is 72.1 Å². The minimum absolute atomic E-state index is 0.0175. The second kappa shape index (κ2) is 5.25. The molecule has 0 bridgehead atoms. The van der Waals surface area contributed by atoms with Crippen LogP contribution in [0.1, 0.15) is 41.9 Å². The van der Waals surface area contributed by atoms with Gasteiger partial charge in [0.15, 0.2) is 0 Å². The number of hydrogen-bond acceptors (Lipinski definition) is 5. The summed E-state index contributed by atoms with van der Waals surface area (Å²) >= 11 is 1.17. The van der Waals surface area contributed by atoms with Gasteiger partial charge in [0.05, 0.1) is 0 Å². The molecule has 2 rings (SSSR count). The van der Waals surface area contributed by atoms with Crippen LogP contribution in [-0.2, 0) is 0 Å². The first kappa shape index (κ1) is 11.3.